The second-order valence-electron chi connectivity index (χ2n) is 3.81. The Balaban J connectivity index is 3.07. The van der Waals surface area contributed by atoms with Gasteiger partial charge in [-0.2, -0.15) is 0 Å². The van der Waals surface area contributed by atoms with Crippen molar-refractivity contribution < 1.29 is 10.2 Å². The first-order valence-corrected chi connectivity index (χ1v) is 4.74. The standard InChI is InChI=1S/C11H17NO2/c1-7(2)11(12)10-4-3-9(14)5-8(10)6-13/h3-5,7,11,13-14H,6,12H2,1-2H3. The SMILES string of the molecule is CC(C)C(N)c1ccc(O)cc1CO. The van der Waals surface area contributed by atoms with Gasteiger partial charge in [0.05, 0.1) is 6.61 Å². The van der Waals surface area contributed by atoms with Gasteiger partial charge < -0.3 is 15.9 Å². The lowest BCUT2D eigenvalue weighted by Gasteiger charge is -2.19. The van der Waals surface area contributed by atoms with Crippen molar-refractivity contribution in [2.75, 3.05) is 0 Å². The van der Waals surface area contributed by atoms with Crippen molar-refractivity contribution in [2.45, 2.75) is 26.5 Å². The summed E-state index contributed by atoms with van der Waals surface area (Å²) < 4.78 is 0. The van der Waals surface area contributed by atoms with Crippen molar-refractivity contribution in [3.05, 3.63) is 29.3 Å². The van der Waals surface area contributed by atoms with Gasteiger partial charge in [0.25, 0.3) is 0 Å². The maximum atomic E-state index is 9.24. The van der Waals surface area contributed by atoms with Crippen LogP contribution < -0.4 is 5.73 Å². The van der Waals surface area contributed by atoms with Gasteiger partial charge in [0.1, 0.15) is 5.75 Å². The molecule has 0 aliphatic rings. The minimum absolute atomic E-state index is 0.0931. The highest BCUT2D eigenvalue weighted by Gasteiger charge is 2.14. The van der Waals surface area contributed by atoms with Crippen molar-refractivity contribution in [3.8, 4) is 5.75 Å². The van der Waals surface area contributed by atoms with E-state index in [1.54, 1.807) is 18.2 Å². The molecule has 1 atom stereocenters. The molecular formula is C11H17NO2. The highest BCUT2D eigenvalue weighted by molar-refractivity contribution is 5.36. The fourth-order valence-electron chi connectivity index (χ4n) is 1.41. The number of benzene rings is 1. The van der Waals surface area contributed by atoms with Gasteiger partial charge in [-0.15, -0.1) is 0 Å². The van der Waals surface area contributed by atoms with Crippen molar-refractivity contribution >= 4 is 0 Å². The Morgan fingerprint density at radius 1 is 1.36 bits per heavy atom. The van der Waals surface area contributed by atoms with Crippen molar-refractivity contribution in [3.63, 3.8) is 0 Å². The van der Waals surface area contributed by atoms with E-state index >= 15 is 0 Å². The van der Waals surface area contributed by atoms with E-state index in [1.165, 1.54) is 0 Å². The van der Waals surface area contributed by atoms with E-state index < -0.39 is 0 Å². The van der Waals surface area contributed by atoms with Gasteiger partial charge in [0.15, 0.2) is 0 Å². The van der Waals surface area contributed by atoms with Crippen LogP contribution in [0.3, 0.4) is 0 Å². The molecule has 0 bridgehead atoms. The Hall–Kier alpha value is -1.06. The summed E-state index contributed by atoms with van der Waals surface area (Å²) in [4.78, 5) is 0. The van der Waals surface area contributed by atoms with Crippen LogP contribution in [0.5, 0.6) is 5.75 Å². The maximum Gasteiger partial charge on any atom is 0.115 e. The minimum Gasteiger partial charge on any atom is -0.508 e. The number of nitrogens with two attached hydrogens (primary N) is 1. The average molecular weight is 195 g/mol. The zero-order chi connectivity index (χ0) is 10.7. The average Bonchev–Trinajstić information content (AvgIpc) is 2.16. The van der Waals surface area contributed by atoms with Crippen molar-refractivity contribution in [2.24, 2.45) is 11.7 Å². The molecule has 0 fully saturated rings. The van der Waals surface area contributed by atoms with Crippen LogP contribution in [0.4, 0.5) is 0 Å². The van der Waals surface area contributed by atoms with Crippen LogP contribution in [0.2, 0.25) is 0 Å². The van der Waals surface area contributed by atoms with Crippen LogP contribution in [0.15, 0.2) is 18.2 Å². The largest absolute Gasteiger partial charge is 0.508 e. The molecule has 0 saturated carbocycles. The third kappa shape index (κ3) is 2.25. The number of rotatable bonds is 3. The quantitative estimate of drug-likeness (QED) is 0.685. The van der Waals surface area contributed by atoms with E-state index in [1.807, 2.05) is 13.8 Å². The molecule has 1 aromatic carbocycles. The van der Waals surface area contributed by atoms with Crippen LogP contribution in [0.25, 0.3) is 0 Å². The molecule has 0 heterocycles. The first-order valence-electron chi connectivity index (χ1n) is 4.74. The van der Waals surface area contributed by atoms with Crippen LogP contribution in [-0.4, -0.2) is 10.2 Å². The number of hydrogen-bond donors (Lipinski definition) is 3. The summed E-state index contributed by atoms with van der Waals surface area (Å²) in [5, 5.41) is 18.3. The number of aromatic hydroxyl groups is 1. The smallest absolute Gasteiger partial charge is 0.115 e. The molecular weight excluding hydrogens is 178 g/mol. The van der Waals surface area contributed by atoms with E-state index in [9.17, 15) is 5.11 Å². The van der Waals surface area contributed by atoms with Gasteiger partial charge in [-0.3, -0.25) is 0 Å². The van der Waals surface area contributed by atoms with Gasteiger partial charge in [-0.05, 0) is 29.2 Å². The predicted molar refractivity (Wildman–Crippen MR) is 55.8 cm³/mol. The van der Waals surface area contributed by atoms with Crippen molar-refractivity contribution in [1.82, 2.24) is 0 Å². The van der Waals surface area contributed by atoms with Gasteiger partial charge in [-0.1, -0.05) is 19.9 Å². The number of phenolic OH excluding ortho intramolecular Hbond substituents is 1. The molecule has 78 valence electrons. The maximum absolute atomic E-state index is 9.24. The lowest BCUT2D eigenvalue weighted by atomic mass is 9.93. The van der Waals surface area contributed by atoms with Gasteiger partial charge in [-0.25, -0.2) is 0 Å². The lowest BCUT2D eigenvalue weighted by molar-refractivity contribution is 0.278. The van der Waals surface area contributed by atoms with E-state index in [4.69, 9.17) is 10.8 Å². The Labute approximate surface area is 84.2 Å². The first-order chi connectivity index (χ1) is 6.56. The van der Waals surface area contributed by atoms with E-state index in [0.717, 1.165) is 5.56 Å². The fourth-order valence-corrected chi connectivity index (χ4v) is 1.41. The van der Waals surface area contributed by atoms with E-state index in [-0.39, 0.29) is 18.4 Å². The highest BCUT2D eigenvalue weighted by Crippen LogP contribution is 2.25. The second kappa shape index (κ2) is 4.44. The topological polar surface area (TPSA) is 66.5 Å². The summed E-state index contributed by atoms with van der Waals surface area (Å²) in [6.07, 6.45) is 0. The number of hydrogen-bond acceptors (Lipinski definition) is 3. The monoisotopic (exact) mass is 195 g/mol. The zero-order valence-corrected chi connectivity index (χ0v) is 8.57. The minimum atomic E-state index is -0.0993. The molecule has 1 rings (SSSR count). The Morgan fingerprint density at radius 3 is 2.50 bits per heavy atom. The predicted octanol–water partition coefficient (Wildman–Crippen LogP) is 1.54. The molecule has 0 aliphatic carbocycles. The second-order valence-corrected chi connectivity index (χ2v) is 3.81. The molecule has 0 spiro atoms. The Bertz CT molecular complexity index is 310. The summed E-state index contributed by atoms with van der Waals surface area (Å²) in [6.45, 7) is 3.96. The molecule has 0 radical (unpaired) electrons. The molecule has 1 unspecified atom stereocenters. The third-order valence-corrected chi connectivity index (χ3v) is 2.37. The number of aliphatic hydroxyl groups excluding tert-OH is 1. The first kappa shape index (κ1) is 11.0. The molecule has 0 aromatic heterocycles. The van der Waals surface area contributed by atoms with E-state index in [0.29, 0.717) is 11.5 Å². The molecule has 4 N–H and O–H groups in total. The molecule has 1 aromatic rings. The fraction of sp³-hybridized carbons (Fsp3) is 0.455. The van der Waals surface area contributed by atoms with E-state index in [2.05, 4.69) is 0 Å². The van der Waals surface area contributed by atoms with Crippen molar-refractivity contribution in [1.29, 1.82) is 0 Å². The van der Waals surface area contributed by atoms with Gasteiger partial charge in [0, 0.05) is 6.04 Å². The Kier molecular flexibility index (Phi) is 3.49. The zero-order valence-electron chi connectivity index (χ0n) is 8.57. The Morgan fingerprint density at radius 2 is 2.00 bits per heavy atom. The van der Waals surface area contributed by atoms with Gasteiger partial charge >= 0.3 is 0 Å². The lowest BCUT2D eigenvalue weighted by Crippen LogP contribution is -2.18. The van der Waals surface area contributed by atoms with Crippen LogP contribution in [0, 0.1) is 5.92 Å². The van der Waals surface area contributed by atoms with Crippen LogP contribution >= 0.6 is 0 Å². The summed E-state index contributed by atoms with van der Waals surface area (Å²) >= 11 is 0. The summed E-state index contributed by atoms with van der Waals surface area (Å²) in [7, 11) is 0. The normalized spacial score (nSPS) is 13.2. The highest BCUT2D eigenvalue weighted by atomic mass is 16.3. The molecule has 3 heteroatoms. The third-order valence-electron chi connectivity index (χ3n) is 2.37. The van der Waals surface area contributed by atoms with Crippen LogP contribution in [-0.2, 0) is 6.61 Å². The number of aliphatic hydroxyl groups is 1. The summed E-state index contributed by atoms with van der Waals surface area (Å²) in [5.74, 6) is 0.471. The molecule has 0 aliphatic heterocycles. The van der Waals surface area contributed by atoms with Gasteiger partial charge in [0.2, 0.25) is 0 Å². The summed E-state index contributed by atoms with van der Waals surface area (Å²) in [6, 6.07) is 4.82. The summed E-state index contributed by atoms with van der Waals surface area (Å²) in [5.41, 5.74) is 7.57. The molecule has 3 nitrogen and oxygen atoms in total. The van der Waals surface area contributed by atoms with Crippen LogP contribution in [0.1, 0.15) is 31.0 Å². The molecule has 0 amide bonds. The molecule has 14 heavy (non-hydrogen) atoms. The molecule has 0 saturated heterocycles. The number of phenols is 1.